The van der Waals surface area contributed by atoms with Crippen molar-refractivity contribution in [3.63, 3.8) is 0 Å². The highest BCUT2D eigenvalue weighted by molar-refractivity contribution is 6.76. The van der Waals surface area contributed by atoms with Gasteiger partial charge in [0, 0.05) is 21.1 Å². The lowest BCUT2D eigenvalue weighted by Crippen LogP contribution is -2.22. The summed E-state index contributed by atoms with van der Waals surface area (Å²) in [7, 11) is -1.11. The van der Waals surface area contributed by atoms with Crippen molar-refractivity contribution in [3.8, 4) is 0 Å². The van der Waals surface area contributed by atoms with Gasteiger partial charge in [-0.25, -0.2) is 4.98 Å². The molecule has 0 bridgehead atoms. The Balaban J connectivity index is 2.25. The summed E-state index contributed by atoms with van der Waals surface area (Å²) in [5.74, 6) is 0.935. The molecular weight excluding hydrogens is 316 g/mol. The summed E-state index contributed by atoms with van der Waals surface area (Å²) in [5, 5.41) is 0. The third-order valence-corrected chi connectivity index (χ3v) is 5.67. The topological polar surface area (TPSA) is 44.1 Å². The molecule has 1 aromatic carbocycles. The van der Waals surface area contributed by atoms with Gasteiger partial charge in [0.1, 0.15) is 6.73 Å². The fraction of sp³-hybridized carbons (Fsp3) is 0.579. The van der Waals surface area contributed by atoms with Crippen LogP contribution in [0.15, 0.2) is 18.2 Å². The van der Waals surface area contributed by atoms with Gasteiger partial charge in [-0.3, -0.25) is 9.36 Å². The molecule has 5 heteroatoms. The Kier molecular flexibility index (Phi) is 5.99. The van der Waals surface area contributed by atoms with Crippen molar-refractivity contribution in [1.29, 1.82) is 0 Å². The summed E-state index contributed by atoms with van der Waals surface area (Å²) in [6.07, 6.45) is 0.511. The second-order valence-corrected chi connectivity index (χ2v) is 13.8. The Bertz CT molecular complexity index is 714. The number of carbonyl (C=O) groups excluding carboxylic acids is 1. The summed E-state index contributed by atoms with van der Waals surface area (Å²) >= 11 is 0. The van der Waals surface area contributed by atoms with Crippen molar-refractivity contribution >= 4 is 24.9 Å². The van der Waals surface area contributed by atoms with Crippen LogP contribution in [0.25, 0.3) is 11.0 Å². The predicted molar refractivity (Wildman–Crippen MR) is 102 cm³/mol. The molecule has 0 unspecified atom stereocenters. The van der Waals surface area contributed by atoms with E-state index >= 15 is 0 Å². The zero-order valence-electron chi connectivity index (χ0n) is 15.8. The van der Waals surface area contributed by atoms with E-state index in [2.05, 4.69) is 44.5 Å². The second kappa shape index (κ2) is 7.62. The van der Waals surface area contributed by atoms with E-state index in [0.717, 1.165) is 29.2 Å². The number of aryl methyl sites for hydroxylation is 1. The molecule has 0 aliphatic heterocycles. The molecule has 0 radical (unpaired) electrons. The van der Waals surface area contributed by atoms with Crippen molar-refractivity contribution in [2.45, 2.75) is 59.6 Å². The quantitative estimate of drug-likeness (QED) is 0.388. The maximum Gasteiger partial charge on any atom is 0.198 e. The number of rotatable bonds is 8. The first-order valence-corrected chi connectivity index (χ1v) is 12.5. The second-order valence-electron chi connectivity index (χ2n) is 8.22. The molecule has 0 fully saturated rings. The molecule has 1 heterocycles. The van der Waals surface area contributed by atoms with Gasteiger partial charge in [0.25, 0.3) is 0 Å². The molecule has 0 amide bonds. The number of hydrogen-bond acceptors (Lipinski definition) is 3. The number of carbonyl (C=O) groups is 1. The smallest absolute Gasteiger partial charge is 0.198 e. The summed E-state index contributed by atoms with van der Waals surface area (Å²) in [4.78, 5) is 17.2. The van der Waals surface area contributed by atoms with Crippen LogP contribution < -0.4 is 0 Å². The number of aromatic nitrogens is 2. The third kappa shape index (κ3) is 5.01. The molecule has 24 heavy (non-hydrogen) atoms. The van der Waals surface area contributed by atoms with Gasteiger partial charge in [0.15, 0.2) is 11.6 Å². The highest BCUT2D eigenvalue weighted by Crippen LogP contribution is 2.20. The van der Waals surface area contributed by atoms with Gasteiger partial charge >= 0.3 is 0 Å². The van der Waals surface area contributed by atoms with Crippen LogP contribution in [0.4, 0.5) is 0 Å². The maximum absolute atomic E-state index is 12.6. The van der Waals surface area contributed by atoms with E-state index in [1.54, 1.807) is 0 Å². The zero-order valence-corrected chi connectivity index (χ0v) is 16.8. The van der Waals surface area contributed by atoms with Crippen LogP contribution in [-0.4, -0.2) is 30.0 Å². The Hall–Kier alpha value is -1.46. The van der Waals surface area contributed by atoms with Crippen LogP contribution in [-0.2, 0) is 11.5 Å². The third-order valence-electron chi connectivity index (χ3n) is 3.96. The van der Waals surface area contributed by atoms with Crippen molar-refractivity contribution in [3.05, 3.63) is 29.6 Å². The van der Waals surface area contributed by atoms with Crippen molar-refractivity contribution < 1.29 is 9.53 Å². The number of fused-ring (bicyclic) bond motifs is 1. The van der Waals surface area contributed by atoms with Gasteiger partial charge in [-0.2, -0.15) is 0 Å². The zero-order chi connectivity index (χ0) is 17.9. The lowest BCUT2D eigenvalue weighted by Gasteiger charge is -2.16. The van der Waals surface area contributed by atoms with Gasteiger partial charge < -0.3 is 4.74 Å². The van der Waals surface area contributed by atoms with Gasteiger partial charge in [0.05, 0.1) is 11.0 Å². The van der Waals surface area contributed by atoms with Gasteiger partial charge in [-0.15, -0.1) is 0 Å². The van der Waals surface area contributed by atoms with E-state index in [1.807, 2.05) is 23.6 Å². The first-order chi connectivity index (χ1) is 11.2. The van der Waals surface area contributed by atoms with Crippen molar-refractivity contribution in [2.24, 2.45) is 5.92 Å². The van der Waals surface area contributed by atoms with E-state index in [4.69, 9.17) is 4.74 Å². The molecule has 0 aliphatic carbocycles. The van der Waals surface area contributed by atoms with Crippen LogP contribution in [0.2, 0.25) is 25.7 Å². The molecule has 1 aromatic heterocycles. The Morgan fingerprint density at radius 3 is 2.62 bits per heavy atom. The largest absolute Gasteiger partial charge is 0.361 e. The van der Waals surface area contributed by atoms with E-state index in [-0.39, 0.29) is 5.78 Å². The highest BCUT2D eigenvalue weighted by atomic mass is 28.3. The Morgan fingerprint density at radius 1 is 1.29 bits per heavy atom. The Labute approximate surface area is 146 Å². The fourth-order valence-corrected chi connectivity index (χ4v) is 3.34. The normalized spacial score (nSPS) is 12.3. The minimum atomic E-state index is -1.11. The molecule has 4 nitrogen and oxygen atoms in total. The standard InChI is InChI=1S/C19H30N2O2Si/c1-14(2)11-18(22)19-20-16-12-15(3)7-8-17(16)21(19)13-23-9-10-24(4,5)6/h7-8,12,14H,9-11,13H2,1-6H3. The van der Waals surface area contributed by atoms with Crippen LogP contribution >= 0.6 is 0 Å². The lowest BCUT2D eigenvalue weighted by atomic mass is 10.1. The van der Waals surface area contributed by atoms with E-state index in [0.29, 0.717) is 24.9 Å². The number of hydrogen-bond donors (Lipinski definition) is 0. The average Bonchev–Trinajstić information content (AvgIpc) is 2.79. The minimum absolute atomic E-state index is 0.0904. The molecule has 2 aromatic rings. The van der Waals surface area contributed by atoms with Crippen LogP contribution in [0.3, 0.4) is 0 Å². The molecule has 0 N–H and O–H groups in total. The van der Waals surface area contributed by atoms with E-state index in [1.165, 1.54) is 0 Å². The fourth-order valence-electron chi connectivity index (χ4n) is 2.58. The first-order valence-electron chi connectivity index (χ1n) is 8.75. The van der Waals surface area contributed by atoms with Crippen LogP contribution in [0.1, 0.15) is 36.5 Å². The van der Waals surface area contributed by atoms with E-state index < -0.39 is 8.07 Å². The average molecular weight is 347 g/mol. The molecule has 132 valence electrons. The van der Waals surface area contributed by atoms with Crippen molar-refractivity contribution in [2.75, 3.05) is 6.61 Å². The van der Waals surface area contributed by atoms with Crippen molar-refractivity contribution in [1.82, 2.24) is 9.55 Å². The maximum atomic E-state index is 12.6. The van der Waals surface area contributed by atoms with Crippen LogP contribution in [0, 0.1) is 12.8 Å². The van der Waals surface area contributed by atoms with Gasteiger partial charge in [-0.1, -0.05) is 39.6 Å². The van der Waals surface area contributed by atoms with Gasteiger partial charge in [-0.05, 0) is 36.6 Å². The molecule has 0 saturated heterocycles. The first kappa shape index (κ1) is 18.9. The molecule has 0 atom stereocenters. The molecule has 0 spiro atoms. The predicted octanol–water partition coefficient (Wildman–Crippen LogP) is 4.89. The highest BCUT2D eigenvalue weighted by Gasteiger charge is 2.19. The number of benzene rings is 1. The number of nitrogens with zero attached hydrogens (tertiary/aromatic N) is 2. The monoisotopic (exact) mass is 346 g/mol. The Morgan fingerprint density at radius 2 is 2.00 bits per heavy atom. The number of ketones is 1. The molecular formula is C19H30N2O2Si. The number of Topliss-reactive ketones (excluding diaryl/α,β-unsaturated/α-hetero) is 1. The molecule has 0 aliphatic rings. The minimum Gasteiger partial charge on any atom is -0.361 e. The summed E-state index contributed by atoms with van der Waals surface area (Å²) in [5.41, 5.74) is 2.99. The van der Waals surface area contributed by atoms with E-state index in [9.17, 15) is 4.79 Å². The number of ether oxygens (including phenoxy) is 1. The molecule has 0 saturated carbocycles. The molecule has 2 rings (SSSR count). The SMILES string of the molecule is Cc1ccc2c(c1)nc(C(=O)CC(C)C)n2COCC[Si](C)(C)C. The lowest BCUT2D eigenvalue weighted by molar-refractivity contribution is 0.0809. The summed E-state index contributed by atoms with van der Waals surface area (Å²) in [6.45, 7) is 14.3. The van der Waals surface area contributed by atoms with Gasteiger partial charge in [0.2, 0.25) is 0 Å². The summed E-state index contributed by atoms with van der Waals surface area (Å²) in [6, 6.07) is 7.24. The summed E-state index contributed by atoms with van der Waals surface area (Å²) < 4.78 is 7.83. The van der Waals surface area contributed by atoms with Crippen LogP contribution in [0.5, 0.6) is 0 Å². The number of imidazole rings is 1.